The Balaban J connectivity index is 1.80. The summed E-state index contributed by atoms with van der Waals surface area (Å²) in [7, 11) is 0. The smallest absolute Gasteiger partial charge is 0.234 e. The van der Waals surface area contributed by atoms with E-state index >= 15 is 0 Å². The first-order valence-electron chi connectivity index (χ1n) is 6.83. The van der Waals surface area contributed by atoms with Crippen molar-refractivity contribution in [1.29, 1.82) is 0 Å². The van der Waals surface area contributed by atoms with Crippen molar-refractivity contribution in [3.8, 4) is 0 Å². The summed E-state index contributed by atoms with van der Waals surface area (Å²) in [5.74, 6) is 0.633. The van der Waals surface area contributed by atoms with Crippen LogP contribution in [0.3, 0.4) is 0 Å². The number of halogens is 1. The van der Waals surface area contributed by atoms with Gasteiger partial charge in [0.05, 0.1) is 5.75 Å². The predicted octanol–water partition coefficient (Wildman–Crippen LogP) is 4.65. The van der Waals surface area contributed by atoms with Crippen LogP contribution in [0.15, 0.2) is 18.2 Å². The van der Waals surface area contributed by atoms with E-state index in [0.717, 1.165) is 11.3 Å². The summed E-state index contributed by atoms with van der Waals surface area (Å²) in [6, 6.07) is 5.53. The van der Waals surface area contributed by atoms with Gasteiger partial charge in [-0.05, 0) is 43.5 Å². The topological polar surface area (TPSA) is 29.1 Å². The molecule has 0 atom stereocenters. The lowest BCUT2D eigenvalue weighted by Crippen LogP contribution is -2.18. The predicted molar refractivity (Wildman–Crippen MR) is 84.1 cm³/mol. The first kappa shape index (κ1) is 14.7. The van der Waals surface area contributed by atoms with Crippen molar-refractivity contribution in [2.45, 2.75) is 44.3 Å². The van der Waals surface area contributed by atoms with Crippen molar-refractivity contribution in [3.63, 3.8) is 0 Å². The number of thioether (sulfide) groups is 1. The SMILES string of the molecule is Cc1cc(Cl)ccc1NC(=O)CSC1CCCCC1. The molecule has 0 saturated heterocycles. The Morgan fingerprint density at radius 1 is 1.37 bits per heavy atom. The van der Waals surface area contributed by atoms with Gasteiger partial charge < -0.3 is 5.32 Å². The Bertz CT molecular complexity index is 444. The van der Waals surface area contributed by atoms with Crippen molar-refractivity contribution in [2.24, 2.45) is 0 Å². The summed E-state index contributed by atoms with van der Waals surface area (Å²) in [6.45, 7) is 1.95. The number of rotatable bonds is 4. The van der Waals surface area contributed by atoms with Gasteiger partial charge in [-0.25, -0.2) is 0 Å². The number of nitrogens with one attached hydrogen (secondary N) is 1. The van der Waals surface area contributed by atoms with E-state index in [4.69, 9.17) is 11.6 Å². The maximum absolute atomic E-state index is 11.9. The van der Waals surface area contributed by atoms with E-state index in [-0.39, 0.29) is 5.91 Å². The van der Waals surface area contributed by atoms with Crippen LogP contribution in [0.2, 0.25) is 5.02 Å². The molecule has 1 N–H and O–H groups in total. The standard InChI is InChI=1S/C15H20ClNOS/c1-11-9-12(16)7-8-14(11)17-15(18)10-19-13-5-3-2-4-6-13/h7-9,13H,2-6,10H2,1H3,(H,17,18). The first-order valence-corrected chi connectivity index (χ1v) is 8.25. The zero-order valence-electron chi connectivity index (χ0n) is 11.2. The highest BCUT2D eigenvalue weighted by Gasteiger charge is 2.15. The lowest BCUT2D eigenvalue weighted by Gasteiger charge is -2.20. The highest BCUT2D eigenvalue weighted by molar-refractivity contribution is 8.00. The molecular weight excluding hydrogens is 278 g/mol. The highest BCUT2D eigenvalue weighted by atomic mass is 35.5. The van der Waals surface area contributed by atoms with Crippen LogP contribution in [-0.4, -0.2) is 16.9 Å². The third-order valence-corrected chi connectivity index (χ3v) is 5.07. The van der Waals surface area contributed by atoms with Crippen molar-refractivity contribution in [2.75, 3.05) is 11.1 Å². The van der Waals surface area contributed by atoms with Crippen LogP contribution in [-0.2, 0) is 4.79 Å². The number of hydrogen-bond acceptors (Lipinski definition) is 2. The zero-order chi connectivity index (χ0) is 13.7. The molecule has 2 nitrogen and oxygen atoms in total. The van der Waals surface area contributed by atoms with Crippen molar-refractivity contribution < 1.29 is 4.79 Å². The number of benzene rings is 1. The third-order valence-electron chi connectivity index (χ3n) is 3.46. The summed E-state index contributed by atoms with van der Waals surface area (Å²) in [6.07, 6.45) is 6.51. The van der Waals surface area contributed by atoms with Gasteiger partial charge in [0.2, 0.25) is 5.91 Å². The van der Waals surface area contributed by atoms with Gasteiger partial charge in [0, 0.05) is 16.0 Å². The molecule has 1 aliphatic rings. The Morgan fingerprint density at radius 3 is 2.79 bits per heavy atom. The minimum Gasteiger partial charge on any atom is -0.325 e. The van der Waals surface area contributed by atoms with Gasteiger partial charge >= 0.3 is 0 Å². The summed E-state index contributed by atoms with van der Waals surface area (Å²) in [5, 5.41) is 4.33. The fraction of sp³-hybridized carbons (Fsp3) is 0.533. The Labute approximate surface area is 124 Å². The molecule has 104 valence electrons. The van der Waals surface area contributed by atoms with Crippen LogP contribution in [0.1, 0.15) is 37.7 Å². The van der Waals surface area contributed by atoms with Crippen LogP contribution in [0.25, 0.3) is 0 Å². The van der Waals surface area contributed by atoms with E-state index < -0.39 is 0 Å². The Morgan fingerprint density at radius 2 is 2.11 bits per heavy atom. The molecule has 0 aliphatic heterocycles. The van der Waals surface area contributed by atoms with Crippen LogP contribution in [0.4, 0.5) is 5.69 Å². The van der Waals surface area contributed by atoms with Crippen molar-refractivity contribution in [1.82, 2.24) is 0 Å². The molecular formula is C15H20ClNOS. The second kappa shape index (κ2) is 7.20. The van der Waals surface area contributed by atoms with E-state index in [1.807, 2.05) is 19.1 Å². The van der Waals surface area contributed by atoms with Crippen LogP contribution in [0, 0.1) is 6.92 Å². The van der Waals surface area contributed by atoms with Crippen LogP contribution < -0.4 is 5.32 Å². The van der Waals surface area contributed by atoms with E-state index in [9.17, 15) is 4.79 Å². The molecule has 1 amide bonds. The number of amides is 1. The average Bonchev–Trinajstić information content (AvgIpc) is 2.41. The first-order chi connectivity index (χ1) is 9.15. The normalized spacial score (nSPS) is 16.3. The van der Waals surface area contributed by atoms with E-state index in [1.165, 1.54) is 32.1 Å². The zero-order valence-corrected chi connectivity index (χ0v) is 12.8. The van der Waals surface area contributed by atoms with Gasteiger partial charge in [-0.2, -0.15) is 0 Å². The molecule has 1 aromatic carbocycles. The number of carbonyl (C=O) groups excluding carboxylic acids is 1. The molecule has 1 fully saturated rings. The summed E-state index contributed by atoms with van der Waals surface area (Å²) in [4.78, 5) is 11.9. The molecule has 1 saturated carbocycles. The maximum atomic E-state index is 11.9. The molecule has 4 heteroatoms. The van der Waals surface area contributed by atoms with Crippen molar-refractivity contribution in [3.05, 3.63) is 28.8 Å². The number of hydrogen-bond donors (Lipinski definition) is 1. The fourth-order valence-corrected chi connectivity index (χ4v) is 3.73. The molecule has 1 aliphatic carbocycles. The quantitative estimate of drug-likeness (QED) is 0.876. The molecule has 0 heterocycles. The summed E-state index contributed by atoms with van der Waals surface area (Å²) < 4.78 is 0. The third kappa shape index (κ3) is 4.73. The lowest BCUT2D eigenvalue weighted by molar-refractivity contribution is -0.113. The molecule has 0 bridgehead atoms. The molecule has 0 radical (unpaired) electrons. The highest BCUT2D eigenvalue weighted by Crippen LogP contribution is 2.28. The molecule has 0 spiro atoms. The van der Waals surface area contributed by atoms with Gasteiger partial charge in [-0.3, -0.25) is 4.79 Å². The Kier molecular flexibility index (Phi) is 5.59. The van der Waals surface area contributed by atoms with Gasteiger partial charge in [0.1, 0.15) is 0 Å². The van der Waals surface area contributed by atoms with Gasteiger partial charge in [0.25, 0.3) is 0 Å². The maximum Gasteiger partial charge on any atom is 0.234 e. The minimum atomic E-state index is 0.0843. The largest absolute Gasteiger partial charge is 0.325 e. The minimum absolute atomic E-state index is 0.0843. The van der Waals surface area contributed by atoms with E-state index in [1.54, 1.807) is 17.8 Å². The monoisotopic (exact) mass is 297 g/mol. The second-order valence-corrected chi connectivity index (χ2v) is 6.80. The second-order valence-electron chi connectivity index (χ2n) is 5.08. The van der Waals surface area contributed by atoms with Gasteiger partial charge in [-0.15, -0.1) is 11.8 Å². The molecule has 1 aromatic rings. The van der Waals surface area contributed by atoms with E-state index in [0.29, 0.717) is 16.0 Å². The van der Waals surface area contributed by atoms with Gasteiger partial charge in [0.15, 0.2) is 0 Å². The molecule has 0 aromatic heterocycles. The van der Waals surface area contributed by atoms with Crippen LogP contribution >= 0.6 is 23.4 Å². The molecule has 2 rings (SSSR count). The van der Waals surface area contributed by atoms with Crippen LogP contribution in [0.5, 0.6) is 0 Å². The number of aryl methyl sites for hydroxylation is 1. The average molecular weight is 298 g/mol. The molecule has 19 heavy (non-hydrogen) atoms. The van der Waals surface area contributed by atoms with Crippen molar-refractivity contribution >= 4 is 35.0 Å². The number of anilines is 1. The molecule has 0 unspecified atom stereocenters. The van der Waals surface area contributed by atoms with E-state index in [2.05, 4.69) is 5.32 Å². The van der Waals surface area contributed by atoms with Gasteiger partial charge in [-0.1, -0.05) is 30.9 Å². The number of carbonyl (C=O) groups is 1. The summed E-state index contributed by atoms with van der Waals surface area (Å²) in [5.41, 5.74) is 1.86. The fourth-order valence-electron chi connectivity index (χ4n) is 2.38. The lowest BCUT2D eigenvalue weighted by atomic mass is 10.0. The summed E-state index contributed by atoms with van der Waals surface area (Å²) >= 11 is 7.69. The Hall–Kier alpha value is -0.670.